The van der Waals surface area contributed by atoms with Gasteiger partial charge in [-0.3, -0.25) is 0 Å². The van der Waals surface area contributed by atoms with E-state index in [1.807, 2.05) is 13.8 Å². The van der Waals surface area contributed by atoms with Crippen LogP contribution in [-0.4, -0.2) is 80.3 Å². The van der Waals surface area contributed by atoms with Crippen LogP contribution >= 0.6 is 0 Å². The quantitative estimate of drug-likeness (QED) is 0.0736. The predicted octanol–water partition coefficient (Wildman–Crippen LogP) is 7.68. The van der Waals surface area contributed by atoms with E-state index in [1.54, 1.807) is 0 Å². The SMILES string of the molecule is C=C(C(=O)OC1CC(C(C)(C)OCOC)CC(C(OCOC)(C(F)(F)F)C(F)(F)F)C1)C(F)(F)F.CC(C)(O)CC1CC2C=CC1C2. The molecule has 3 aliphatic rings. The molecule has 6 unspecified atom stereocenters. The Kier molecular flexibility index (Phi) is 13.5. The van der Waals surface area contributed by atoms with Crippen molar-refractivity contribution in [2.45, 2.75) is 108 Å². The minimum absolute atomic E-state index is 0.382. The summed E-state index contributed by atoms with van der Waals surface area (Å²) in [6.45, 7) is 7.32. The fourth-order valence-corrected chi connectivity index (χ4v) is 6.76. The molecule has 2 fully saturated rings. The normalized spacial score (nSPS) is 27.0. The number of ether oxygens (including phenoxy) is 5. The molecule has 0 aliphatic heterocycles. The number of esters is 1. The van der Waals surface area contributed by atoms with E-state index in [1.165, 1.54) is 33.8 Å². The average Bonchev–Trinajstić information content (AvgIpc) is 3.52. The minimum atomic E-state index is -6.02. The molecule has 0 aromatic carbocycles. The summed E-state index contributed by atoms with van der Waals surface area (Å²) in [6.07, 6.45) is -13.0. The summed E-state index contributed by atoms with van der Waals surface area (Å²) in [5, 5.41) is 9.68. The molecule has 0 amide bonds. The molecule has 0 heterocycles. The van der Waals surface area contributed by atoms with E-state index >= 15 is 0 Å². The molecule has 0 radical (unpaired) electrons. The van der Waals surface area contributed by atoms with Crippen LogP contribution in [-0.2, 0) is 28.5 Å². The number of halogens is 9. The molecule has 1 N–H and O–H groups in total. The minimum Gasteiger partial charge on any atom is -0.459 e. The van der Waals surface area contributed by atoms with Gasteiger partial charge in [-0.2, -0.15) is 39.5 Å². The van der Waals surface area contributed by atoms with Crippen LogP contribution in [0, 0.1) is 29.6 Å². The third kappa shape index (κ3) is 10.6. The number of rotatable bonds is 12. The van der Waals surface area contributed by atoms with E-state index < -0.39 is 84.4 Å². The molecule has 274 valence electrons. The van der Waals surface area contributed by atoms with Crippen LogP contribution in [0.1, 0.15) is 66.2 Å². The summed E-state index contributed by atoms with van der Waals surface area (Å²) in [5.74, 6) is -3.23. The first kappa shape index (κ1) is 41.3. The van der Waals surface area contributed by atoms with Gasteiger partial charge < -0.3 is 28.8 Å². The summed E-state index contributed by atoms with van der Waals surface area (Å²) in [4.78, 5) is 11.9. The van der Waals surface area contributed by atoms with Gasteiger partial charge in [0.1, 0.15) is 25.3 Å². The van der Waals surface area contributed by atoms with E-state index in [9.17, 15) is 49.4 Å². The maximum Gasteiger partial charge on any atom is 0.426 e. The maximum absolute atomic E-state index is 14.1. The molecule has 16 heteroatoms. The molecule has 3 rings (SSSR count). The van der Waals surface area contributed by atoms with Crippen molar-refractivity contribution in [1.29, 1.82) is 0 Å². The standard InChI is InChI=1S/C20H27F9O6.C11H18O/c1-11(18(21,22)23)15(30)35-14-7-12(16(2,3)33-9-31-4)6-13(8-14)17(19(24,25)26,20(27,28)29)34-10-32-5;1-11(2,12)7-10-6-8-3-4-9(10)5-8/h12-14H,1,6-10H2,2-5H3;3-4,8-10,12H,5-7H2,1-2H3. The molecule has 2 saturated carbocycles. The Morgan fingerprint density at radius 3 is 1.74 bits per heavy atom. The van der Waals surface area contributed by atoms with E-state index in [4.69, 9.17) is 14.2 Å². The van der Waals surface area contributed by atoms with Gasteiger partial charge in [0.15, 0.2) is 0 Å². The zero-order valence-electron chi connectivity index (χ0n) is 27.3. The number of fused-ring (bicyclic) bond motifs is 2. The number of alkyl halides is 9. The highest BCUT2D eigenvalue weighted by Crippen LogP contribution is 2.56. The van der Waals surface area contributed by atoms with Gasteiger partial charge in [0.25, 0.3) is 5.60 Å². The van der Waals surface area contributed by atoms with Gasteiger partial charge in [-0.15, -0.1) is 0 Å². The largest absolute Gasteiger partial charge is 0.459 e. The van der Waals surface area contributed by atoms with E-state index in [-0.39, 0.29) is 13.2 Å². The zero-order valence-corrected chi connectivity index (χ0v) is 27.3. The number of aliphatic hydroxyl groups is 1. The van der Waals surface area contributed by atoms with Crippen LogP contribution in [0.3, 0.4) is 0 Å². The van der Waals surface area contributed by atoms with Crippen molar-refractivity contribution in [1.82, 2.24) is 0 Å². The van der Waals surface area contributed by atoms with Crippen molar-refractivity contribution in [2.24, 2.45) is 29.6 Å². The van der Waals surface area contributed by atoms with Crippen LogP contribution in [0.2, 0.25) is 0 Å². The first-order valence-electron chi connectivity index (χ1n) is 15.1. The van der Waals surface area contributed by atoms with Gasteiger partial charge in [0.05, 0.1) is 11.2 Å². The lowest BCUT2D eigenvalue weighted by Crippen LogP contribution is -2.65. The van der Waals surface area contributed by atoms with Crippen molar-refractivity contribution in [3.05, 3.63) is 24.3 Å². The Bertz CT molecular complexity index is 1060. The lowest BCUT2D eigenvalue weighted by molar-refractivity contribution is -0.413. The number of carbonyl (C=O) groups is 1. The number of hydrogen-bond acceptors (Lipinski definition) is 7. The molecule has 47 heavy (non-hydrogen) atoms. The van der Waals surface area contributed by atoms with Gasteiger partial charge in [-0.25, -0.2) is 4.79 Å². The summed E-state index contributed by atoms with van der Waals surface area (Å²) < 4.78 is 146. The van der Waals surface area contributed by atoms with Gasteiger partial charge in [-0.05, 0) is 89.9 Å². The molecular weight excluding hydrogens is 655 g/mol. The molecule has 3 aliphatic carbocycles. The van der Waals surface area contributed by atoms with E-state index in [2.05, 4.69) is 28.2 Å². The summed E-state index contributed by atoms with van der Waals surface area (Å²) >= 11 is 0. The predicted molar refractivity (Wildman–Crippen MR) is 151 cm³/mol. The Hall–Kier alpha value is -1.88. The Labute approximate surface area is 268 Å². The molecule has 7 nitrogen and oxygen atoms in total. The lowest BCUT2D eigenvalue weighted by Gasteiger charge is -2.49. The highest BCUT2D eigenvalue weighted by atomic mass is 19.4. The van der Waals surface area contributed by atoms with Crippen molar-refractivity contribution in [3.8, 4) is 0 Å². The highest BCUT2D eigenvalue weighted by molar-refractivity contribution is 5.89. The van der Waals surface area contributed by atoms with Crippen molar-refractivity contribution >= 4 is 5.97 Å². The van der Waals surface area contributed by atoms with Crippen molar-refractivity contribution in [3.63, 3.8) is 0 Å². The number of methoxy groups -OCH3 is 2. The third-order valence-electron chi connectivity index (χ3n) is 9.06. The van der Waals surface area contributed by atoms with Gasteiger partial charge >= 0.3 is 24.5 Å². The number of hydrogen-bond donors (Lipinski definition) is 1. The van der Waals surface area contributed by atoms with Gasteiger partial charge in [-0.1, -0.05) is 18.7 Å². The Morgan fingerprint density at radius 2 is 1.32 bits per heavy atom. The Balaban J connectivity index is 0.000000526. The molecule has 0 saturated heterocycles. The Morgan fingerprint density at radius 1 is 0.787 bits per heavy atom. The zero-order chi connectivity index (χ0) is 36.2. The van der Waals surface area contributed by atoms with Crippen LogP contribution in [0.5, 0.6) is 0 Å². The summed E-state index contributed by atoms with van der Waals surface area (Å²) in [5.41, 5.74) is -8.62. The molecular formula is C31H45F9O7. The molecule has 6 atom stereocenters. The first-order valence-corrected chi connectivity index (χ1v) is 15.1. The van der Waals surface area contributed by atoms with Gasteiger partial charge in [0.2, 0.25) is 0 Å². The van der Waals surface area contributed by atoms with Crippen LogP contribution < -0.4 is 0 Å². The topological polar surface area (TPSA) is 83.5 Å². The van der Waals surface area contributed by atoms with Gasteiger partial charge in [0, 0.05) is 20.1 Å². The molecule has 0 aromatic heterocycles. The fourth-order valence-electron chi connectivity index (χ4n) is 6.76. The molecule has 0 spiro atoms. The first-order chi connectivity index (χ1) is 21.3. The monoisotopic (exact) mass is 700 g/mol. The molecule has 2 bridgehead atoms. The number of carbonyl (C=O) groups excluding carboxylic acids is 1. The van der Waals surface area contributed by atoms with Crippen molar-refractivity contribution in [2.75, 3.05) is 27.8 Å². The second kappa shape index (κ2) is 15.3. The van der Waals surface area contributed by atoms with Crippen LogP contribution in [0.25, 0.3) is 0 Å². The van der Waals surface area contributed by atoms with Crippen LogP contribution in [0.4, 0.5) is 39.5 Å². The third-order valence-corrected chi connectivity index (χ3v) is 9.06. The van der Waals surface area contributed by atoms with Crippen LogP contribution in [0.15, 0.2) is 24.3 Å². The summed E-state index contributed by atoms with van der Waals surface area (Å²) in [7, 11) is 2.04. The smallest absolute Gasteiger partial charge is 0.426 e. The maximum atomic E-state index is 14.1. The van der Waals surface area contributed by atoms with E-state index in [0.717, 1.165) is 31.3 Å². The highest BCUT2D eigenvalue weighted by Gasteiger charge is 2.76. The lowest BCUT2D eigenvalue weighted by atomic mass is 9.66. The van der Waals surface area contributed by atoms with E-state index in [0.29, 0.717) is 0 Å². The second-order valence-corrected chi connectivity index (χ2v) is 13.6. The molecule has 0 aromatic rings. The average molecular weight is 701 g/mol. The summed E-state index contributed by atoms with van der Waals surface area (Å²) in [6, 6.07) is 0. The second-order valence-electron chi connectivity index (χ2n) is 13.6. The van der Waals surface area contributed by atoms with Crippen molar-refractivity contribution < 1.29 is 73.1 Å². The number of allylic oxidation sites excluding steroid dienone is 2. The fraction of sp³-hybridized carbons (Fsp3) is 0.839.